The summed E-state index contributed by atoms with van der Waals surface area (Å²) in [6.07, 6.45) is -9.01. The zero-order valence-corrected chi connectivity index (χ0v) is 15.6. The van der Waals surface area contributed by atoms with Gasteiger partial charge >= 0.3 is 12.4 Å². The van der Waals surface area contributed by atoms with Crippen molar-refractivity contribution in [1.82, 2.24) is 4.98 Å². The van der Waals surface area contributed by atoms with Crippen molar-refractivity contribution >= 4 is 17.8 Å². The fraction of sp³-hybridized carbons (Fsp3) is 0.150. The first-order chi connectivity index (χ1) is 13.5. The Morgan fingerprint density at radius 2 is 1.14 bits per heavy atom. The van der Waals surface area contributed by atoms with Gasteiger partial charge in [0.1, 0.15) is 7.14 Å². The number of rotatable bonds is 4. The van der Waals surface area contributed by atoms with Crippen LogP contribution >= 0.6 is 7.14 Å². The molecule has 0 bridgehead atoms. The number of hydrogen-bond acceptors (Lipinski definition) is 2. The Kier molecular flexibility index (Phi) is 5.59. The Labute approximate surface area is 162 Å². The lowest BCUT2D eigenvalue weighted by molar-refractivity contribution is -0.137. The molecule has 0 atom stereocenters. The van der Waals surface area contributed by atoms with E-state index in [1.165, 1.54) is 30.5 Å². The number of aromatic nitrogens is 1. The maximum Gasteiger partial charge on any atom is 0.417 e. The maximum atomic E-state index is 14.1. The highest BCUT2D eigenvalue weighted by atomic mass is 31.2. The van der Waals surface area contributed by atoms with Gasteiger partial charge in [-0.05, 0) is 24.3 Å². The Bertz CT molecular complexity index is 985. The first-order valence-electron chi connectivity index (χ1n) is 8.36. The average molecular weight is 429 g/mol. The van der Waals surface area contributed by atoms with Crippen LogP contribution in [-0.4, -0.2) is 4.98 Å². The van der Waals surface area contributed by atoms with E-state index in [0.29, 0.717) is 0 Å². The van der Waals surface area contributed by atoms with E-state index in [0.717, 1.165) is 36.4 Å². The van der Waals surface area contributed by atoms with Crippen LogP contribution in [0.4, 0.5) is 26.3 Å². The van der Waals surface area contributed by atoms with Crippen molar-refractivity contribution in [3.63, 3.8) is 0 Å². The SMILES string of the molecule is O=P(Cc1ccccn1)(c1ccccc1C(F)(F)F)c1ccccc1C(F)(F)F. The average Bonchev–Trinajstić information content (AvgIpc) is 2.67. The van der Waals surface area contributed by atoms with Crippen LogP contribution in [0.3, 0.4) is 0 Å². The van der Waals surface area contributed by atoms with Crippen LogP contribution in [0.1, 0.15) is 16.8 Å². The molecule has 0 fully saturated rings. The Morgan fingerprint density at radius 1 is 0.690 bits per heavy atom. The molecule has 0 aliphatic rings. The quantitative estimate of drug-likeness (QED) is 0.397. The van der Waals surface area contributed by atoms with E-state index in [4.69, 9.17) is 0 Å². The molecule has 0 N–H and O–H groups in total. The molecule has 2 aromatic carbocycles. The molecule has 0 aliphatic carbocycles. The van der Waals surface area contributed by atoms with E-state index in [-0.39, 0.29) is 5.69 Å². The minimum Gasteiger partial charge on any atom is -0.313 e. The number of nitrogens with zero attached hydrogens (tertiary/aromatic N) is 1. The third-order valence-corrected chi connectivity index (χ3v) is 7.41. The maximum absolute atomic E-state index is 14.1. The summed E-state index contributed by atoms with van der Waals surface area (Å²) in [4.78, 5) is 3.96. The first kappa shape index (κ1) is 21.1. The zero-order chi connectivity index (χ0) is 21.3. The fourth-order valence-corrected chi connectivity index (χ4v) is 6.15. The number of benzene rings is 2. The van der Waals surface area contributed by atoms with Crippen molar-refractivity contribution in [2.24, 2.45) is 0 Å². The molecule has 0 amide bonds. The summed E-state index contributed by atoms with van der Waals surface area (Å²) in [5.41, 5.74) is -2.32. The summed E-state index contributed by atoms with van der Waals surface area (Å²) >= 11 is 0. The normalized spacial score (nSPS) is 12.8. The van der Waals surface area contributed by atoms with Crippen molar-refractivity contribution in [2.45, 2.75) is 18.5 Å². The summed E-state index contributed by atoms with van der Waals surface area (Å²) in [5, 5.41) is -1.34. The molecule has 152 valence electrons. The van der Waals surface area contributed by atoms with E-state index in [2.05, 4.69) is 4.98 Å². The molecule has 1 aromatic heterocycles. The molecule has 0 saturated carbocycles. The highest BCUT2D eigenvalue weighted by Gasteiger charge is 2.44. The molecule has 2 nitrogen and oxygen atoms in total. The number of hydrogen-bond donors (Lipinski definition) is 0. The molecule has 3 aromatic rings. The van der Waals surface area contributed by atoms with Gasteiger partial charge in [-0.2, -0.15) is 26.3 Å². The molecule has 0 spiro atoms. The van der Waals surface area contributed by atoms with Gasteiger partial charge in [-0.25, -0.2) is 0 Å². The van der Waals surface area contributed by atoms with Crippen molar-refractivity contribution in [3.05, 3.63) is 89.7 Å². The van der Waals surface area contributed by atoms with E-state index < -0.39 is 47.4 Å². The van der Waals surface area contributed by atoms with Gasteiger partial charge in [0, 0.05) is 22.5 Å². The summed E-state index contributed by atoms with van der Waals surface area (Å²) in [7, 11) is -4.42. The van der Waals surface area contributed by atoms with Gasteiger partial charge < -0.3 is 4.57 Å². The van der Waals surface area contributed by atoms with Crippen LogP contribution in [0.25, 0.3) is 0 Å². The highest BCUT2D eigenvalue weighted by Crippen LogP contribution is 2.51. The van der Waals surface area contributed by atoms with Gasteiger partial charge in [0.15, 0.2) is 0 Å². The monoisotopic (exact) mass is 429 g/mol. The third kappa shape index (κ3) is 4.37. The second kappa shape index (κ2) is 7.67. The minimum atomic E-state index is -4.89. The number of alkyl halides is 6. The summed E-state index contributed by atoms with van der Waals surface area (Å²) in [6, 6.07) is 12.5. The molecule has 9 heteroatoms. The van der Waals surface area contributed by atoms with Crippen LogP contribution in [0.2, 0.25) is 0 Å². The predicted molar refractivity (Wildman–Crippen MR) is 97.7 cm³/mol. The van der Waals surface area contributed by atoms with E-state index in [9.17, 15) is 30.9 Å². The smallest absolute Gasteiger partial charge is 0.313 e. The third-order valence-electron chi connectivity index (χ3n) is 4.31. The molecule has 0 radical (unpaired) electrons. The Hall–Kier alpha value is -2.60. The van der Waals surface area contributed by atoms with Crippen LogP contribution in [0, 0.1) is 0 Å². The Morgan fingerprint density at radius 3 is 1.55 bits per heavy atom. The van der Waals surface area contributed by atoms with Crippen molar-refractivity contribution < 1.29 is 30.9 Å². The van der Waals surface area contributed by atoms with Crippen molar-refractivity contribution in [1.29, 1.82) is 0 Å². The lowest BCUT2D eigenvalue weighted by atomic mass is 10.2. The molecule has 0 saturated heterocycles. The van der Waals surface area contributed by atoms with Gasteiger partial charge in [0.2, 0.25) is 0 Å². The van der Waals surface area contributed by atoms with Crippen LogP contribution in [0.5, 0.6) is 0 Å². The van der Waals surface area contributed by atoms with Crippen LogP contribution < -0.4 is 10.6 Å². The second-order valence-electron chi connectivity index (χ2n) is 6.25. The van der Waals surface area contributed by atoms with E-state index >= 15 is 0 Å². The van der Waals surface area contributed by atoms with Gasteiger partial charge in [-0.1, -0.05) is 42.5 Å². The molecule has 29 heavy (non-hydrogen) atoms. The van der Waals surface area contributed by atoms with Crippen LogP contribution in [0.15, 0.2) is 72.9 Å². The largest absolute Gasteiger partial charge is 0.417 e. The highest BCUT2D eigenvalue weighted by molar-refractivity contribution is 7.78. The van der Waals surface area contributed by atoms with Crippen molar-refractivity contribution in [3.8, 4) is 0 Å². The minimum absolute atomic E-state index is 0.129. The lowest BCUT2D eigenvalue weighted by Gasteiger charge is -2.25. The second-order valence-corrected chi connectivity index (χ2v) is 9.01. The lowest BCUT2D eigenvalue weighted by Crippen LogP contribution is -2.29. The fourth-order valence-electron chi connectivity index (χ4n) is 3.08. The summed E-state index contributed by atoms with van der Waals surface area (Å²) in [6.45, 7) is 0. The number of halogens is 6. The summed E-state index contributed by atoms with van der Waals surface area (Å²) < 4.78 is 95.7. The molecule has 1 heterocycles. The number of pyridine rings is 1. The summed E-state index contributed by atoms with van der Waals surface area (Å²) in [5.74, 6) is 0. The van der Waals surface area contributed by atoms with Gasteiger partial charge in [-0.3, -0.25) is 4.98 Å². The Balaban J connectivity index is 2.34. The van der Waals surface area contributed by atoms with Crippen LogP contribution in [-0.2, 0) is 23.1 Å². The topological polar surface area (TPSA) is 30.0 Å². The predicted octanol–water partition coefficient (Wildman–Crippen LogP) is 5.63. The molecule has 3 rings (SSSR count). The standard InChI is InChI=1S/C20H14F6NOP/c21-19(22,23)15-8-1-3-10-17(15)29(28,13-14-7-5-6-12-27-14)18-11-4-2-9-16(18)20(24,25)26/h1-12H,13H2. The molecule has 0 unspecified atom stereocenters. The van der Waals surface area contributed by atoms with Gasteiger partial charge in [0.05, 0.1) is 17.3 Å². The van der Waals surface area contributed by atoms with E-state index in [1.807, 2.05) is 0 Å². The molecular formula is C20H14F6NOP. The van der Waals surface area contributed by atoms with Gasteiger partial charge in [0.25, 0.3) is 0 Å². The zero-order valence-electron chi connectivity index (χ0n) is 14.7. The van der Waals surface area contributed by atoms with Crippen molar-refractivity contribution in [2.75, 3.05) is 0 Å². The van der Waals surface area contributed by atoms with E-state index in [1.54, 1.807) is 6.07 Å². The molecular weight excluding hydrogens is 415 g/mol. The first-order valence-corrected chi connectivity index (χ1v) is 10.3. The molecule has 0 aliphatic heterocycles. The van der Waals surface area contributed by atoms with Gasteiger partial charge in [-0.15, -0.1) is 0 Å².